The van der Waals surface area contributed by atoms with Crippen LogP contribution >= 0.6 is 0 Å². The van der Waals surface area contributed by atoms with E-state index < -0.39 is 17.8 Å². The summed E-state index contributed by atoms with van der Waals surface area (Å²) in [5.41, 5.74) is 0.137. The number of halogens is 1. The molecule has 5 amide bonds. The Bertz CT molecular complexity index is 657. The summed E-state index contributed by atoms with van der Waals surface area (Å²) in [5.74, 6) is -1.25. The molecular weight excluding hydrogens is 315 g/mol. The summed E-state index contributed by atoms with van der Waals surface area (Å²) in [5, 5.41) is 7.84. The molecule has 24 heavy (non-hydrogen) atoms. The fourth-order valence-corrected chi connectivity index (χ4v) is 3.03. The Balaban J connectivity index is 1.70. The number of imide groups is 1. The lowest BCUT2D eigenvalue weighted by atomic mass is 9.96. The number of carbonyl (C=O) groups is 3. The van der Waals surface area contributed by atoms with E-state index in [0.717, 1.165) is 36.6 Å². The van der Waals surface area contributed by atoms with E-state index in [1.807, 2.05) is 0 Å². The molecule has 1 aliphatic carbocycles. The molecule has 128 valence electrons. The highest BCUT2D eigenvalue weighted by atomic mass is 19.1. The summed E-state index contributed by atoms with van der Waals surface area (Å²) in [6.07, 6.45) is 5.28. The Morgan fingerprint density at radius 2 is 1.96 bits per heavy atom. The third kappa shape index (κ3) is 3.47. The number of rotatable bonds is 3. The molecule has 1 aromatic carbocycles. The molecule has 1 aromatic rings. The Morgan fingerprint density at radius 1 is 1.21 bits per heavy atom. The molecule has 0 unspecified atom stereocenters. The lowest BCUT2D eigenvalue weighted by Gasteiger charge is -2.23. The number of nitrogens with zero attached hydrogens (tertiary/aromatic N) is 1. The van der Waals surface area contributed by atoms with Crippen molar-refractivity contribution in [3.05, 3.63) is 24.0 Å². The van der Waals surface area contributed by atoms with Crippen molar-refractivity contribution < 1.29 is 18.8 Å². The second-order valence-corrected chi connectivity index (χ2v) is 5.99. The van der Waals surface area contributed by atoms with Gasteiger partial charge in [0.05, 0.1) is 12.2 Å². The molecule has 0 radical (unpaired) electrons. The maximum absolute atomic E-state index is 14.0. The van der Waals surface area contributed by atoms with Gasteiger partial charge in [-0.1, -0.05) is 19.3 Å². The number of anilines is 2. The monoisotopic (exact) mass is 334 g/mol. The van der Waals surface area contributed by atoms with Gasteiger partial charge in [-0.3, -0.25) is 4.79 Å². The van der Waals surface area contributed by atoms with Crippen LogP contribution in [0.5, 0.6) is 0 Å². The quantitative estimate of drug-likeness (QED) is 0.741. The number of hydrogen-bond acceptors (Lipinski definition) is 3. The predicted octanol–water partition coefficient (Wildman–Crippen LogP) is 2.34. The number of amides is 5. The number of urea groups is 2. The van der Waals surface area contributed by atoms with Crippen molar-refractivity contribution in [3.63, 3.8) is 0 Å². The van der Waals surface area contributed by atoms with Gasteiger partial charge < -0.3 is 16.0 Å². The van der Waals surface area contributed by atoms with Crippen molar-refractivity contribution in [3.8, 4) is 0 Å². The van der Waals surface area contributed by atoms with Crippen molar-refractivity contribution in [2.45, 2.75) is 38.1 Å². The van der Waals surface area contributed by atoms with E-state index in [1.165, 1.54) is 18.6 Å². The summed E-state index contributed by atoms with van der Waals surface area (Å²) in [6.45, 7) is -0.169. The summed E-state index contributed by atoms with van der Waals surface area (Å²) < 4.78 is 14.0. The highest BCUT2D eigenvalue weighted by Gasteiger charge is 2.32. The van der Waals surface area contributed by atoms with Crippen LogP contribution in [0.4, 0.5) is 25.4 Å². The molecule has 1 saturated heterocycles. The lowest BCUT2D eigenvalue weighted by Crippen LogP contribution is -2.39. The second kappa shape index (κ2) is 6.86. The maximum atomic E-state index is 14.0. The molecule has 3 rings (SSSR count). The molecule has 0 aromatic heterocycles. The van der Waals surface area contributed by atoms with Gasteiger partial charge in [-0.15, -0.1) is 0 Å². The molecule has 7 nitrogen and oxygen atoms in total. The molecule has 1 heterocycles. The van der Waals surface area contributed by atoms with Crippen LogP contribution in [-0.4, -0.2) is 30.6 Å². The molecule has 2 aliphatic rings. The van der Waals surface area contributed by atoms with Gasteiger partial charge in [0.1, 0.15) is 5.82 Å². The van der Waals surface area contributed by atoms with Gasteiger partial charge in [0.2, 0.25) is 0 Å². The van der Waals surface area contributed by atoms with E-state index in [2.05, 4.69) is 16.0 Å². The first kappa shape index (κ1) is 16.2. The van der Waals surface area contributed by atoms with Crippen LogP contribution in [0.25, 0.3) is 0 Å². The minimum atomic E-state index is -0.710. The number of hydrogen-bond donors (Lipinski definition) is 3. The van der Waals surface area contributed by atoms with Crippen molar-refractivity contribution in [1.29, 1.82) is 0 Å². The zero-order valence-electron chi connectivity index (χ0n) is 13.1. The van der Waals surface area contributed by atoms with E-state index in [9.17, 15) is 18.8 Å². The molecule has 3 N–H and O–H groups in total. The third-order valence-electron chi connectivity index (χ3n) is 4.23. The van der Waals surface area contributed by atoms with Crippen LogP contribution in [-0.2, 0) is 4.79 Å². The Labute approximate surface area is 138 Å². The second-order valence-electron chi connectivity index (χ2n) is 5.99. The molecular formula is C16H19FN4O3. The standard InChI is InChI=1S/C16H19FN4O3/c17-12-7-6-11(8-13(12)21-14(22)9-18-16(21)24)20-15(23)19-10-4-2-1-3-5-10/h6-8,10H,1-5,9H2,(H,18,24)(H2,19,20,23). The molecule has 0 spiro atoms. The Morgan fingerprint density at radius 3 is 2.62 bits per heavy atom. The zero-order chi connectivity index (χ0) is 17.1. The minimum absolute atomic E-state index is 0.143. The van der Waals surface area contributed by atoms with Crippen molar-refractivity contribution in [2.24, 2.45) is 0 Å². The summed E-state index contributed by atoms with van der Waals surface area (Å²) in [6, 6.07) is 2.87. The summed E-state index contributed by atoms with van der Waals surface area (Å²) in [4.78, 5) is 36.2. The molecule has 2 fully saturated rings. The predicted molar refractivity (Wildman–Crippen MR) is 86.3 cm³/mol. The normalized spacial score (nSPS) is 18.5. The number of nitrogens with one attached hydrogen (secondary N) is 3. The average Bonchev–Trinajstić information content (AvgIpc) is 2.89. The molecule has 1 saturated carbocycles. The van der Waals surface area contributed by atoms with Crippen LogP contribution in [0.2, 0.25) is 0 Å². The van der Waals surface area contributed by atoms with E-state index in [-0.39, 0.29) is 24.3 Å². The molecule has 1 aliphatic heterocycles. The van der Waals surface area contributed by atoms with Gasteiger partial charge in [-0.05, 0) is 31.0 Å². The van der Waals surface area contributed by atoms with Crippen LogP contribution in [0.3, 0.4) is 0 Å². The van der Waals surface area contributed by atoms with Gasteiger partial charge in [-0.2, -0.15) is 0 Å². The third-order valence-corrected chi connectivity index (χ3v) is 4.23. The SMILES string of the molecule is O=C(Nc1ccc(F)c(N2C(=O)CNC2=O)c1)NC1CCCCC1. The Kier molecular flexibility index (Phi) is 4.64. The van der Waals surface area contributed by atoms with E-state index in [4.69, 9.17) is 0 Å². The molecule has 0 atom stereocenters. The molecule has 0 bridgehead atoms. The van der Waals surface area contributed by atoms with Crippen LogP contribution in [0, 0.1) is 5.82 Å². The Hall–Kier alpha value is -2.64. The van der Waals surface area contributed by atoms with Crippen molar-refractivity contribution >= 4 is 29.3 Å². The first-order valence-corrected chi connectivity index (χ1v) is 8.02. The maximum Gasteiger partial charge on any atom is 0.329 e. The highest BCUT2D eigenvalue weighted by Crippen LogP contribution is 2.25. The first-order chi connectivity index (χ1) is 11.5. The average molecular weight is 334 g/mol. The lowest BCUT2D eigenvalue weighted by molar-refractivity contribution is -0.115. The van der Waals surface area contributed by atoms with Gasteiger partial charge in [0, 0.05) is 11.7 Å². The van der Waals surface area contributed by atoms with Gasteiger partial charge in [-0.25, -0.2) is 18.9 Å². The van der Waals surface area contributed by atoms with Crippen molar-refractivity contribution in [2.75, 3.05) is 16.8 Å². The largest absolute Gasteiger partial charge is 0.335 e. The number of benzene rings is 1. The van der Waals surface area contributed by atoms with Crippen LogP contribution in [0.15, 0.2) is 18.2 Å². The van der Waals surface area contributed by atoms with Crippen LogP contribution < -0.4 is 20.9 Å². The number of carbonyl (C=O) groups excluding carboxylic acids is 3. The smallest absolute Gasteiger partial charge is 0.329 e. The van der Waals surface area contributed by atoms with Gasteiger partial charge >= 0.3 is 12.1 Å². The van der Waals surface area contributed by atoms with Gasteiger partial charge in [0.25, 0.3) is 5.91 Å². The van der Waals surface area contributed by atoms with E-state index >= 15 is 0 Å². The van der Waals surface area contributed by atoms with Crippen LogP contribution in [0.1, 0.15) is 32.1 Å². The van der Waals surface area contributed by atoms with Crippen molar-refractivity contribution in [1.82, 2.24) is 10.6 Å². The fraction of sp³-hybridized carbons (Fsp3) is 0.438. The van der Waals surface area contributed by atoms with E-state index in [1.54, 1.807) is 0 Å². The van der Waals surface area contributed by atoms with Gasteiger partial charge in [0.15, 0.2) is 0 Å². The highest BCUT2D eigenvalue weighted by molar-refractivity contribution is 6.20. The summed E-state index contributed by atoms with van der Waals surface area (Å²) in [7, 11) is 0. The fourth-order valence-electron chi connectivity index (χ4n) is 3.03. The topological polar surface area (TPSA) is 90.5 Å². The zero-order valence-corrected chi connectivity index (χ0v) is 13.1. The minimum Gasteiger partial charge on any atom is -0.335 e. The molecule has 8 heteroatoms. The summed E-state index contributed by atoms with van der Waals surface area (Å²) >= 11 is 0. The van der Waals surface area contributed by atoms with E-state index in [0.29, 0.717) is 5.69 Å². The first-order valence-electron chi connectivity index (χ1n) is 8.02.